The van der Waals surface area contributed by atoms with Crippen molar-refractivity contribution < 1.29 is 9.90 Å². The molecule has 0 amide bonds. The number of aliphatic hydroxyl groups excluding tert-OH is 1. The summed E-state index contributed by atoms with van der Waals surface area (Å²) in [5, 5.41) is 10.9. The number of hydrogen-bond donors (Lipinski definition) is 1. The number of benzene rings is 1. The molecular formula is C18H21ClN2O3. The van der Waals surface area contributed by atoms with E-state index in [1.807, 2.05) is 6.92 Å². The average molecular weight is 349 g/mol. The average Bonchev–Trinajstić information content (AvgIpc) is 2.54. The first-order chi connectivity index (χ1) is 11.5. The summed E-state index contributed by atoms with van der Waals surface area (Å²) in [6, 6.07) is 3.37. The van der Waals surface area contributed by atoms with Crippen LogP contribution in [0, 0.1) is 12.8 Å². The van der Waals surface area contributed by atoms with Gasteiger partial charge in [0.2, 0.25) is 0 Å². The molecule has 1 aromatic heterocycles. The molecule has 2 unspecified atom stereocenters. The molecule has 1 saturated carbocycles. The predicted molar refractivity (Wildman–Crippen MR) is 93.3 cm³/mol. The monoisotopic (exact) mass is 348 g/mol. The smallest absolute Gasteiger partial charge is 0.261 e. The number of aromatic nitrogens is 2. The van der Waals surface area contributed by atoms with Crippen LogP contribution in [0.4, 0.5) is 0 Å². The zero-order valence-electron chi connectivity index (χ0n) is 13.7. The van der Waals surface area contributed by atoms with Gasteiger partial charge in [-0.25, -0.2) is 4.98 Å². The molecule has 0 bridgehead atoms. The number of hydrogen-bond acceptors (Lipinski definition) is 4. The Kier molecular flexibility index (Phi) is 5.01. The van der Waals surface area contributed by atoms with E-state index in [4.69, 9.17) is 11.6 Å². The first-order valence-corrected chi connectivity index (χ1v) is 8.68. The normalized spacial score (nSPS) is 21.1. The number of nitrogens with zero attached hydrogens (tertiary/aromatic N) is 2. The fourth-order valence-corrected chi connectivity index (χ4v) is 3.53. The van der Waals surface area contributed by atoms with Crippen LogP contribution in [0.25, 0.3) is 10.9 Å². The highest BCUT2D eigenvalue weighted by atomic mass is 35.5. The Bertz CT molecular complexity index is 831. The quantitative estimate of drug-likeness (QED) is 0.922. The zero-order chi connectivity index (χ0) is 17.3. The molecule has 3 rings (SSSR count). The van der Waals surface area contributed by atoms with E-state index in [2.05, 4.69) is 4.98 Å². The van der Waals surface area contributed by atoms with Crippen molar-refractivity contribution in [2.75, 3.05) is 0 Å². The molecule has 0 saturated heterocycles. The summed E-state index contributed by atoms with van der Waals surface area (Å²) in [5.41, 5.74) is 1.17. The third-order valence-corrected chi connectivity index (χ3v) is 5.22. The third-order valence-electron chi connectivity index (χ3n) is 4.81. The number of fused-ring (bicyclic) bond motifs is 1. The Hall–Kier alpha value is -1.72. The van der Waals surface area contributed by atoms with Crippen LogP contribution in [0.5, 0.6) is 0 Å². The second-order valence-corrected chi connectivity index (χ2v) is 7.06. The minimum atomic E-state index is -0.407. The summed E-state index contributed by atoms with van der Waals surface area (Å²) in [6.45, 7) is 1.84. The van der Waals surface area contributed by atoms with Crippen LogP contribution < -0.4 is 5.56 Å². The van der Waals surface area contributed by atoms with Gasteiger partial charge in [-0.05, 0) is 43.4 Å². The van der Waals surface area contributed by atoms with Gasteiger partial charge in [-0.15, -0.1) is 0 Å². The molecule has 1 aromatic carbocycles. The predicted octanol–water partition coefficient (Wildman–Crippen LogP) is 2.87. The van der Waals surface area contributed by atoms with Crippen LogP contribution in [-0.4, -0.2) is 26.5 Å². The van der Waals surface area contributed by atoms with Gasteiger partial charge in [0.15, 0.2) is 5.78 Å². The van der Waals surface area contributed by atoms with Gasteiger partial charge in [-0.1, -0.05) is 24.4 Å². The van der Waals surface area contributed by atoms with E-state index in [1.165, 1.54) is 10.9 Å². The molecule has 5 nitrogen and oxygen atoms in total. The number of carbonyl (C=O) groups excluding carboxylic acids is 1. The molecule has 1 aliphatic carbocycles. The molecular weight excluding hydrogens is 328 g/mol. The van der Waals surface area contributed by atoms with Gasteiger partial charge >= 0.3 is 0 Å². The Morgan fingerprint density at radius 2 is 2.12 bits per heavy atom. The number of rotatable bonds is 4. The van der Waals surface area contributed by atoms with Gasteiger partial charge in [-0.3, -0.25) is 14.2 Å². The molecule has 128 valence electrons. The zero-order valence-corrected chi connectivity index (χ0v) is 14.4. The van der Waals surface area contributed by atoms with Crippen LogP contribution in [0.2, 0.25) is 5.02 Å². The highest BCUT2D eigenvalue weighted by molar-refractivity contribution is 6.32. The van der Waals surface area contributed by atoms with Crippen LogP contribution in [0.1, 0.15) is 37.7 Å². The fourth-order valence-electron chi connectivity index (χ4n) is 3.37. The summed E-state index contributed by atoms with van der Waals surface area (Å²) in [5.74, 6) is -0.0464. The van der Waals surface area contributed by atoms with Gasteiger partial charge < -0.3 is 5.11 Å². The van der Waals surface area contributed by atoms with Gasteiger partial charge in [0.05, 0.1) is 29.9 Å². The van der Waals surface area contributed by atoms with E-state index in [1.54, 1.807) is 12.1 Å². The van der Waals surface area contributed by atoms with Gasteiger partial charge in [0.25, 0.3) is 5.56 Å². The molecule has 0 aliphatic heterocycles. The van der Waals surface area contributed by atoms with Crippen LogP contribution in [0.15, 0.2) is 23.3 Å². The number of aliphatic hydroxyl groups is 1. The highest BCUT2D eigenvalue weighted by Crippen LogP contribution is 2.27. The summed E-state index contributed by atoms with van der Waals surface area (Å²) >= 11 is 6.09. The van der Waals surface area contributed by atoms with E-state index in [9.17, 15) is 14.7 Å². The van der Waals surface area contributed by atoms with Crippen LogP contribution in [0.3, 0.4) is 0 Å². The van der Waals surface area contributed by atoms with E-state index in [0.717, 1.165) is 31.2 Å². The Morgan fingerprint density at radius 3 is 2.88 bits per heavy atom. The van der Waals surface area contributed by atoms with E-state index < -0.39 is 6.10 Å². The van der Waals surface area contributed by atoms with Crippen molar-refractivity contribution in [3.63, 3.8) is 0 Å². The Morgan fingerprint density at radius 1 is 1.38 bits per heavy atom. The SMILES string of the molecule is Cc1cc2ncn(CC(=O)CC3CCCCC3O)c(=O)c2cc1Cl. The van der Waals surface area contributed by atoms with E-state index in [0.29, 0.717) is 22.3 Å². The molecule has 24 heavy (non-hydrogen) atoms. The van der Waals surface area contributed by atoms with Crippen molar-refractivity contribution in [3.05, 3.63) is 39.4 Å². The fraction of sp³-hybridized carbons (Fsp3) is 0.500. The summed E-state index contributed by atoms with van der Waals surface area (Å²) < 4.78 is 1.32. The molecule has 0 spiro atoms. The number of halogens is 1. The molecule has 1 aliphatic rings. The highest BCUT2D eigenvalue weighted by Gasteiger charge is 2.25. The second kappa shape index (κ2) is 7.03. The maximum absolute atomic E-state index is 12.5. The van der Waals surface area contributed by atoms with Crippen molar-refractivity contribution >= 4 is 28.3 Å². The van der Waals surface area contributed by atoms with Crippen molar-refractivity contribution in [1.82, 2.24) is 9.55 Å². The van der Waals surface area contributed by atoms with E-state index in [-0.39, 0.29) is 23.8 Å². The molecule has 1 N–H and O–H groups in total. The Labute approximate surface area is 145 Å². The lowest BCUT2D eigenvalue weighted by Gasteiger charge is -2.26. The molecule has 1 fully saturated rings. The molecule has 2 atom stereocenters. The number of Topliss-reactive ketones (excluding diaryl/α,β-unsaturated/α-hetero) is 1. The number of aryl methyl sites for hydroxylation is 1. The molecule has 1 heterocycles. The molecule has 6 heteroatoms. The Balaban J connectivity index is 1.79. The summed E-state index contributed by atoms with van der Waals surface area (Å²) in [7, 11) is 0. The topological polar surface area (TPSA) is 72.2 Å². The van der Waals surface area contributed by atoms with Crippen LogP contribution in [-0.2, 0) is 11.3 Å². The molecule has 2 aromatic rings. The first kappa shape index (κ1) is 17.1. The van der Waals surface area contributed by atoms with Gasteiger partial charge in [-0.2, -0.15) is 0 Å². The van der Waals surface area contributed by atoms with Crippen LogP contribution >= 0.6 is 11.6 Å². The molecule has 0 radical (unpaired) electrons. The van der Waals surface area contributed by atoms with Crippen molar-refractivity contribution in [2.24, 2.45) is 5.92 Å². The second-order valence-electron chi connectivity index (χ2n) is 6.65. The maximum atomic E-state index is 12.5. The maximum Gasteiger partial charge on any atom is 0.261 e. The summed E-state index contributed by atoms with van der Waals surface area (Å²) in [4.78, 5) is 29.1. The third kappa shape index (κ3) is 3.52. The number of ketones is 1. The van der Waals surface area contributed by atoms with Gasteiger partial charge in [0, 0.05) is 11.4 Å². The van der Waals surface area contributed by atoms with E-state index >= 15 is 0 Å². The standard InChI is InChI=1S/C18H21ClN2O3/c1-11-6-16-14(8-15(11)19)18(24)21(10-20-16)9-13(22)7-12-4-2-3-5-17(12)23/h6,8,10,12,17,23H,2-5,7,9H2,1H3. The largest absolute Gasteiger partial charge is 0.393 e. The lowest BCUT2D eigenvalue weighted by molar-refractivity contribution is -0.122. The first-order valence-electron chi connectivity index (χ1n) is 8.31. The lowest BCUT2D eigenvalue weighted by Crippen LogP contribution is -2.30. The van der Waals surface area contributed by atoms with Crippen molar-refractivity contribution in [1.29, 1.82) is 0 Å². The van der Waals surface area contributed by atoms with Gasteiger partial charge in [0.1, 0.15) is 0 Å². The minimum Gasteiger partial charge on any atom is -0.393 e. The van der Waals surface area contributed by atoms with Crippen molar-refractivity contribution in [2.45, 2.75) is 51.7 Å². The summed E-state index contributed by atoms with van der Waals surface area (Å²) in [6.07, 6.45) is 4.99. The number of carbonyl (C=O) groups is 1. The lowest BCUT2D eigenvalue weighted by atomic mass is 9.83. The van der Waals surface area contributed by atoms with Crippen molar-refractivity contribution in [3.8, 4) is 0 Å². The minimum absolute atomic E-state index is 0.00691.